The average Bonchev–Trinajstić information content (AvgIpc) is 2.71. The van der Waals surface area contributed by atoms with Gasteiger partial charge in [0.2, 0.25) is 0 Å². The number of nitrogens with zero attached hydrogens (tertiary/aromatic N) is 6. The number of rotatable bonds is 3. The van der Waals surface area contributed by atoms with Crippen LogP contribution in [0, 0.1) is 11.3 Å². The third-order valence-corrected chi connectivity index (χ3v) is 5.72. The van der Waals surface area contributed by atoms with E-state index in [9.17, 15) is 5.26 Å². The molecule has 0 saturated carbocycles. The van der Waals surface area contributed by atoms with Gasteiger partial charge in [-0.2, -0.15) is 5.26 Å². The van der Waals surface area contributed by atoms with Crippen molar-refractivity contribution >= 4 is 32.5 Å². The van der Waals surface area contributed by atoms with Crippen LogP contribution in [0.15, 0.2) is 47.3 Å². The molecular weight excluding hydrogens is 416 g/mol. The van der Waals surface area contributed by atoms with Gasteiger partial charge in [-0.25, -0.2) is 9.97 Å². The average molecular weight is 437 g/mol. The standard InChI is InChI=1S/C21H21BrN6/c1-14-11-27(12-15(2)28(14)13-20-25-9-17(22)10-26-20)19-6-5-16(8-23)21-18(19)4-3-7-24-21/h3-7,9-10,14-15H,11-13H2,1-2H3/t14-,15+. The van der Waals surface area contributed by atoms with Crippen molar-refractivity contribution in [1.82, 2.24) is 19.9 Å². The molecule has 4 rings (SSSR count). The van der Waals surface area contributed by atoms with E-state index in [0.717, 1.165) is 46.5 Å². The lowest BCUT2D eigenvalue weighted by molar-refractivity contribution is 0.120. The van der Waals surface area contributed by atoms with Crippen LogP contribution in [0.5, 0.6) is 0 Å². The number of hydrogen-bond donors (Lipinski definition) is 0. The number of anilines is 1. The van der Waals surface area contributed by atoms with E-state index in [1.165, 1.54) is 0 Å². The summed E-state index contributed by atoms with van der Waals surface area (Å²) in [5, 5.41) is 10.4. The Morgan fingerprint density at radius 2 is 1.82 bits per heavy atom. The van der Waals surface area contributed by atoms with Gasteiger partial charge in [-0.15, -0.1) is 0 Å². The number of aromatic nitrogens is 3. The Labute approximate surface area is 173 Å². The summed E-state index contributed by atoms with van der Waals surface area (Å²) in [5.74, 6) is 0.836. The van der Waals surface area contributed by atoms with E-state index >= 15 is 0 Å². The SMILES string of the molecule is C[C@@H]1CN(c2ccc(C#N)c3ncccc23)C[C@H](C)N1Cc1ncc(Br)cn1. The summed E-state index contributed by atoms with van der Waals surface area (Å²) in [6.07, 6.45) is 5.34. The van der Waals surface area contributed by atoms with E-state index in [1.54, 1.807) is 18.6 Å². The quantitative estimate of drug-likeness (QED) is 0.622. The lowest BCUT2D eigenvalue weighted by Gasteiger charge is -2.45. The lowest BCUT2D eigenvalue weighted by Crippen LogP contribution is -2.56. The number of piperazine rings is 1. The van der Waals surface area contributed by atoms with Gasteiger partial charge in [0.25, 0.3) is 0 Å². The van der Waals surface area contributed by atoms with Crippen molar-refractivity contribution in [3.05, 3.63) is 58.7 Å². The fraction of sp³-hybridized carbons (Fsp3) is 0.333. The summed E-state index contributed by atoms with van der Waals surface area (Å²) in [7, 11) is 0. The minimum absolute atomic E-state index is 0.346. The van der Waals surface area contributed by atoms with Crippen LogP contribution in [0.1, 0.15) is 25.2 Å². The number of fused-ring (bicyclic) bond motifs is 1. The molecule has 3 heterocycles. The number of benzene rings is 1. The Balaban J connectivity index is 1.59. The first-order chi connectivity index (χ1) is 13.6. The summed E-state index contributed by atoms with van der Waals surface area (Å²) in [4.78, 5) is 18.1. The van der Waals surface area contributed by atoms with Gasteiger partial charge in [0.05, 0.1) is 22.1 Å². The molecule has 0 amide bonds. The van der Waals surface area contributed by atoms with Gasteiger partial charge in [0.15, 0.2) is 0 Å². The number of nitriles is 1. The van der Waals surface area contributed by atoms with Crippen molar-refractivity contribution < 1.29 is 0 Å². The van der Waals surface area contributed by atoms with Crippen LogP contribution in [0.4, 0.5) is 5.69 Å². The normalized spacial score (nSPS) is 20.3. The minimum atomic E-state index is 0.346. The predicted octanol–water partition coefficient (Wildman–Crippen LogP) is 3.76. The molecule has 2 aromatic heterocycles. The summed E-state index contributed by atoms with van der Waals surface area (Å²) in [6, 6.07) is 10.9. The van der Waals surface area contributed by atoms with E-state index in [1.807, 2.05) is 12.1 Å². The molecule has 1 saturated heterocycles. The Kier molecular flexibility index (Phi) is 5.25. The van der Waals surface area contributed by atoms with Crippen LogP contribution in [-0.2, 0) is 6.54 Å². The van der Waals surface area contributed by atoms with Gasteiger partial charge in [-0.1, -0.05) is 0 Å². The first-order valence-electron chi connectivity index (χ1n) is 9.31. The Morgan fingerprint density at radius 1 is 1.11 bits per heavy atom. The maximum Gasteiger partial charge on any atom is 0.142 e. The molecule has 7 heteroatoms. The highest BCUT2D eigenvalue weighted by atomic mass is 79.9. The lowest BCUT2D eigenvalue weighted by atomic mass is 10.0. The highest BCUT2D eigenvalue weighted by Crippen LogP contribution is 2.31. The molecule has 0 aliphatic carbocycles. The van der Waals surface area contributed by atoms with E-state index in [0.29, 0.717) is 17.6 Å². The summed E-state index contributed by atoms with van der Waals surface area (Å²) in [5.41, 5.74) is 2.53. The highest BCUT2D eigenvalue weighted by molar-refractivity contribution is 9.10. The molecule has 0 radical (unpaired) electrons. The van der Waals surface area contributed by atoms with E-state index in [-0.39, 0.29) is 0 Å². The second-order valence-corrected chi connectivity index (χ2v) is 8.15. The minimum Gasteiger partial charge on any atom is -0.368 e. The van der Waals surface area contributed by atoms with Gasteiger partial charge >= 0.3 is 0 Å². The molecule has 0 unspecified atom stereocenters. The molecular formula is C21H21BrN6. The maximum atomic E-state index is 9.39. The van der Waals surface area contributed by atoms with Gasteiger partial charge in [-0.05, 0) is 54.0 Å². The molecule has 142 valence electrons. The maximum absolute atomic E-state index is 9.39. The molecule has 1 fully saturated rings. The number of hydrogen-bond acceptors (Lipinski definition) is 6. The first-order valence-corrected chi connectivity index (χ1v) is 10.1. The van der Waals surface area contributed by atoms with E-state index in [2.05, 4.69) is 72.7 Å². The zero-order valence-electron chi connectivity index (χ0n) is 15.9. The number of pyridine rings is 1. The van der Waals surface area contributed by atoms with Crippen molar-refractivity contribution in [1.29, 1.82) is 5.26 Å². The van der Waals surface area contributed by atoms with E-state index in [4.69, 9.17) is 0 Å². The van der Waals surface area contributed by atoms with Crippen LogP contribution in [0.3, 0.4) is 0 Å². The van der Waals surface area contributed by atoms with Crippen LogP contribution in [-0.4, -0.2) is 45.0 Å². The molecule has 1 aliphatic rings. The third kappa shape index (κ3) is 3.58. The van der Waals surface area contributed by atoms with Gasteiger partial charge in [0, 0.05) is 54.8 Å². The topological polar surface area (TPSA) is 68.9 Å². The molecule has 0 bridgehead atoms. The zero-order chi connectivity index (χ0) is 19.7. The third-order valence-electron chi connectivity index (χ3n) is 5.31. The Hall–Kier alpha value is -2.56. The molecule has 1 aromatic carbocycles. The van der Waals surface area contributed by atoms with Gasteiger partial charge < -0.3 is 4.90 Å². The molecule has 28 heavy (non-hydrogen) atoms. The molecule has 6 nitrogen and oxygen atoms in total. The molecule has 0 spiro atoms. The molecule has 1 aliphatic heterocycles. The fourth-order valence-electron chi connectivity index (χ4n) is 3.97. The van der Waals surface area contributed by atoms with Gasteiger partial charge in [-0.3, -0.25) is 9.88 Å². The van der Waals surface area contributed by atoms with Crippen molar-refractivity contribution in [2.75, 3.05) is 18.0 Å². The highest BCUT2D eigenvalue weighted by Gasteiger charge is 2.31. The van der Waals surface area contributed by atoms with E-state index < -0.39 is 0 Å². The molecule has 3 aromatic rings. The van der Waals surface area contributed by atoms with Crippen molar-refractivity contribution in [3.8, 4) is 6.07 Å². The summed E-state index contributed by atoms with van der Waals surface area (Å²) < 4.78 is 0.892. The van der Waals surface area contributed by atoms with Crippen molar-refractivity contribution in [3.63, 3.8) is 0 Å². The summed E-state index contributed by atoms with van der Waals surface area (Å²) in [6.45, 7) is 7.02. The zero-order valence-corrected chi connectivity index (χ0v) is 17.5. The Morgan fingerprint density at radius 3 is 2.50 bits per heavy atom. The van der Waals surface area contributed by atoms with Crippen LogP contribution < -0.4 is 4.90 Å². The predicted molar refractivity (Wildman–Crippen MR) is 113 cm³/mol. The second-order valence-electron chi connectivity index (χ2n) is 7.24. The van der Waals surface area contributed by atoms with Crippen LogP contribution in [0.2, 0.25) is 0 Å². The monoisotopic (exact) mass is 436 g/mol. The first kappa shape index (κ1) is 18.8. The largest absolute Gasteiger partial charge is 0.368 e. The van der Waals surface area contributed by atoms with Crippen molar-refractivity contribution in [2.45, 2.75) is 32.5 Å². The Bertz CT molecular complexity index is 1020. The molecule has 2 atom stereocenters. The fourth-order valence-corrected chi connectivity index (χ4v) is 4.18. The van der Waals surface area contributed by atoms with Crippen LogP contribution in [0.25, 0.3) is 10.9 Å². The second kappa shape index (κ2) is 7.82. The smallest absolute Gasteiger partial charge is 0.142 e. The molecule has 0 N–H and O–H groups in total. The van der Waals surface area contributed by atoms with Gasteiger partial charge in [0.1, 0.15) is 11.9 Å². The number of halogens is 1. The summed E-state index contributed by atoms with van der Waals surface area (Å²) >= 11 is 3.39. The van der Waals surface area contributed by atoms with Crippen molar-refractivity contribution in [2.24, 2.45) is 0 Å². The van der Waals surface area contributed by atoms with Crippen LogP contribution >= 0.6 is 15.9 Å².